The highest BCUT2D eigenvalue weighted by molar-refractivity contribution is 6.31. The zero-order valence-electron chi connectivity index (χ0n) is 22.2. The number of nitrogens with one attached hydrogen (secondary N) is 2. The summed E-state index contributed by atoms with van der Waals surface area (Å²) in [5.41, 5.74) is 2.06. The highest BCUT2D eigenvalue weighted by Gasteiger charge is 2.58. The van der Waals surface area contributed by atoms with Crippen LogP contribution in [0, 0.1) is 29.0 Å². The maximum atomic E-state index is 14.6. The number of hydrogen-bond acceptors (Lipinski definition) is 7. The van der Waals surface area contributed by atoms with Crippen LogP contribution in [0.15, 0.2) is 48.8 Å². The highest BCUT2D eigenvalue weighted by Crippen LogP contribution is 2.57. The lowest BCUT2D eigenvalue weighted by molar-refractivity contribution is -0.111. The van der Waals surface area contributed by atoms with E-state index in [1.807, 2.05) is 12.1 Å². The lowest BCUT2D eigenvalue weighted by atomic mass is 10.0. The van der Waals surface area contributed by atoms with E-state index < -0.39 is 5.82 Å². The van der Waals surface area contributed by atoms with Gasteiger partial charge in [-0.2, -0.15) is 0 Å². The van der Waals surface area contributed by atoms with Crippen molar-refractivity contribution < 1.29 is 13.9 Å². The number of ether oxygens (including phenoxy) is 1. The normalized spacial score (nSPS) is 22.6. The van der Waals surface area contributed by atoms with Crippen LogP contribution in [0.4, 0.5) is 21.6 Å². The summed E-state index contributed by atoms with van der Waals surface area (Å²) in [6.07, 6.45) is 5.91. The van der Waals surface area contributed by atoms with E-state index in [1.54, 1.807) is 24.3 Å². The second-order valence-corrected chi connectivity index (χ2v) is 11.1. The van der Waals surface area contributed by atoms with Crippen molar-refractivity contribution in [3.8, 4) is 11.8 Å². The number of anilines is 3. The third kappa shape index (κ3) is 5.67. The van der Waals surface area contributed by atoms with Crippen molar-refractivity contribution in [1.29, 1.82) is 0 Å². The molecule has 2 aliphatic heterocycles. The standard InChI is InChI=1S/C30H30ClFN6O2/c1-37-17-21-16-30(21,18-37)8-7-20-14-26-22(29(34-19-33-26)36-24-5-2-4-23(31)28(24)32)15-25(20)35-27(39)6-3-9-38-10-12-40-13-11-38/h2-6,14-15,19,21H,9-13,16-18H2,1H3,(H,35,39)(H,33,34,36). The van der Waals surface area contributed by atoms with Crippen molar-refractivity contribution in [3.63, 3.8) is 0 Å². The summed E-state index contributed by atoms with van der Waals surface area (Å²) in [5, 5.41) is 6.65. The Labute approximate surface area is 237 Å². The van der Waals surface area contributed by atoms with Gasteiger partial charge in [-0.1, -0.05) is 35.6 Å². The number of aromatic nitrogens is 2. The van der Waals surface area contributed by atoms with Crippen molar-refractivity contribution in [3.05, 3.63) is 65.2 Å². The number of piperidine rings is 1. The van der Waals surface area contributed by atoms with Gasteiger partial charge < -0.3 is 20.3 Å². The van der Waals surface area contributed by atoms with E-state index in [9.17, 15) is 9.18 Å². The number of carbonyl (C=O) groups is 1. The summed E-state index contributed by atoms with van der Waals surface area (Å²) in [5.74, 6) is 7.02. The third-order valence-corrected chi connectivity index (χ3v) is 8.03. The molecule has 206 valence electrons. The minimum Gasteiger partial charge on any atom is -0.379 e. The first-order valence-electron chi connectivity index (χ1n) is 13.4. The maximum Gasteiger partial charge on any atom is 0.248 e. The monoisotopic (exact) mass is 560 g/mol. The van der Waals surface area contributed by atoms with Crippen molar-refractivity contribution in [2.24, 2.45) is 11.3 Å². The summed E-state index contributed by atoms with van der Waals surface area (Å²) >= 11 is 5.98. The molecule has 3 aliphatic rings. The van der Waals surface area contributed by atoms with Crippen molar-refractivity contribution in [2.75, 3.05) is 63.6 Å². The molecule has 3 aromatic rings. The van der Waals surface area contributed by atoms with E-state index >= 15 is 0 Å². The molecule has 3 heterocycles. The minimum absolute atomic E-state index is 0.00746. The van der Waals surface area contributed by atoms with Gasteiger partial charge in [0.1, 0.15) is 12.1 Å². The van der Waals surface area contributed by atoms with Gasteiger partial charge in [-0.3, -0.25) is 9.69 Å². The van der Waals surface area contributed by atoms with E-state index in [4.69, 9.17) is 16.3 Å². The molecular formula is C30H30ClFN6O2. The van der Waals surface area contributed by atoms with E-state index in [0.717, 1.165) is 32.6 Å². The highest BCUT2D eigenvalue weighted by atomic mass is 35.5. The van der Waals surface area contributed by atoms with Crippen LogP contribution in [0.25, 0.3) is 10.9 Å². The molecule has 1 saturated carbocycles. The van der Waals surface area contributed by atoms with E-state index in [0.29, 0.717) is 53.6 Å². The Morgan fingerprint density at radius 2 is 2.12 bits per heavy atom. The number of likely N-dealkylation sites (tertiary alicyclic amines) is 1. The maximum absolute atomic E-state index is 14.6. The second kappa shape index (κ2) is 11.1. The van der Waals surface area contributed by atoms with Gasteiger partial charge >= 0.3 is 0 Å². The molecule has 1 aromatic heterocycles. The van der Waals surface area contributed by atoms with Gasteiger partial charge in [0.2, 0.25) is 5.91 Å². The van der Waals surface area contributed by atoms with Gasteiger partial charge in [0.15, 0.2) is 5.82 Å². The van der Waals surface area contributed by atoms with Gasteiger partial charge in [0.25, 0.3) is 0 Å². The van der Waals surface area contributed by atoms with Gasteiger partial charge in [0, 0.05) is 49.6 Å². The first-order valence-corrected chi connectivity index (χ1v) is 13.8. The number of hydrogen-bond donors (Lipinski definition) is 2. The molecule has 0 radical (unpaired) electrons. The Morgan fingerprint density at radius 3 is 2.92 bits per heavy atom. The van der Waals surface area contributed by atoms with Gasteiger partial charge in [-0.15, -0.1) is 0 Å². The number of nitrogens with zero attached hydrogens (tertiary/aromatic N) is 4. The van der Waals surface area contributed by atoms with Crippen LogP contribution in [-0.4, -0.2) is 78.7 Å². The van der Waals surface area contributed by atoms with Crippen LogP contribution in [0.5, 0.6) is 0 Å². The second-order valence-electron chi connectivity index (χ2n) is 10.7. The summed E-state index contributed by atoms with van der Waals surface area (Å²) in [6.45, 7) is 5.78. The molecule has 2 unspecified atom stereocenters. The number of carbonyl (C=O) groups excluding carboxylic acids is 1. The average molecular weight is 561 g/mol. The van der Waals surface area contributed by atoms with Crippen LogP contribution < -0.4 is 10.6 Å². The molecule has 2 aromatic carbocycles. The van der Waals surface area contributed by atoms with Crippen molar-refractivity contribution in [1.82, 2.24) is 19.8 Å². The molecular weight excluding hydrogens is 531 g/mol. The number of benzene rings is 2. The number of amides is 1. The van der Waals surface area contributed by atoms with Crippen LogP contribution in [0.1, 0.15) is 12.0 Å². The summed E-state index contributed by atoms with van der Waals surface area (Å²) in [7, 11) is 2.12. The molecule has 2 atom stereocenters. The summed E-state index contributed by atoms with van der Waals surface area (Å²) < 4.78 is 20.0. The summed E-state index contributed by atoms with van der Waals surface area (Å²) in [6, 6.07) is 8.37. The Bertz CT molecular complexity index is 1550. The Kier molecular flexibility index (Phi) is 7.43. The Hall–Kier alpha value is -3.55. The number of rotatable bonds is 6. The van der Waals surface area contributed by atoms with Crippen molar-refractivity contribution in [2.45, 2.75) is 6.42 Å². The van der Waals surface area contributed by atoms with E-state index in [-0.39, 0.29) is 22.0 Å². The number of morpholine rings is 1. The van der Waals surface area contributed by atoms with Gasteiger partial charge in [-0.05, 0) is 43.7 Å². The third-order valence-electron chi connectivity index (χ3n) is 7.74. The molecule has 8 nitrogen and oxygen atoms in total. The molecule has 10 heteroatoms. The lowest BCUT2D eigenvalue weighted by Crippen LogP contribution is -2.36. The fourth-order valence-electron chi connectivity index (χ4n) is 5.52. The van der Waals surface area contributed by atoms with Gasteiger partial charge in [-0.25, -0.2) is 14.4 Å². The quantitative estimate of drug-likeness (QED) is 0.344. The molecule has 0 spiro atoms. The molecule has 1 aliphatic carbocycles. The fraction of sp³-hybridized carbons (Fsp3) is 0.367. The zero-order chi connectivity index (χ0) is 27.7. The van der Waals surface area contributed by atoms with E-state index in [2.05, 4.69) is 49.3 Å². The number of fused-ring (bicyclic) bond motifs is 2. The molecule has 1 amide bonds. The molecule has 6 rings (SSSR count). The SMILES string of the molecule is CN1CC2CC2(C#Cc2cc3ncnc(Nc4cccc(Cl)c4F)c3cc2NC(=O)C=CCN2CCOCC2)C1. The Morgan fingerprint density at radius 1 is 1.27 bits per heavy atom. The van der Waals surface area contributed by atoms with Crippen LogP contribution >= 0.6 is 11.6 Å². The number of halogens is 2. The lowest BCUT2D eigenvalue weighted by Gasteiger charge is -2.25. The first kappa shape index (κ1) is 26.7. The zero-order valence-corrected chi connectivity index (χ0v) is 23.0. The minimum atomic E-state index is -0.572. The average Bonchev–Trinajstić information content (AvgIpc) is 3.51. The fourth-order valence-corrected chi connectivity index (χ4v) is 5.70. The van der Waals surface area contributed by atoms with Crippen LogP contribution in [0.2, 0.25) is 5.02 Å². The van der Waals surface area contributed by atoms with Crippen LogP contribution in [0.3, 0.4) is 0 Å². The topological polar surface area (TPSA) is 82.6 Å². The summed E-state index contributed by atoms with van der Waals surface area (Å²) in [4.78, 5) is 26.3. The Balaban J connectivity index is 1.31. The molecule has 3 fully saturated rings. The smallest absolute Gasteiger partial charge is 0.248 e. The molecule has 2 saturated heterocycles. The largest absolute Gasteiger partial charge is 0.379 e. The van der Waals surface area contributed by atoms with Gasteiger partial charge in [0.05, 0.1) is 40.7 Å². The predicted molar refractivity (Wildman–Crippen MR) is 154 cm³/mol. The molecule has 0 bridgehead atoms. The predicted octanol–water partition coefficient (Wildman–Crippen LogP) is 4.30. The first-order chi connectivity index (χ1) is 19.4. The van der Waals surface area contributed by atoms with Crippen LogP contribution in [-0.2, 0) is 9.53 Å². The molecule has 40 heavy (non-hydrogen) atoms. The van der Waals surface area contributed by atoms with E-state index in [1.165, 1.54) is 12.4 Å². The molecule has 2 N–H and O–H groups in total. The van der Waals surface area contributed by atoms with Crippen molar-refractivity contribution >= 4 is 45.6 Å².